The first-order valence-corrected chi connectivity index (χ1v) is 12.2. The summed E-state index contributed by atoms with van der Waals surface area (Å²) in [5, 5.41) is 4.17. The fourth-order valence-electron chi connectivity index (χ4n) is 4.18. The number of hydrogen-bond acceptors (Lipinski definition) is 5. The van der Waals surface area contributed by atoms with Gasteiger partial charge in [-0.1, -0.05) is 40.2 Å². The van der Waals surface area contributed by atoms with Gasteiger partial charge in [0, 0.05) is 58.3 Å². The molecule has 1 aromatic heterocycles. The van der Waals surface area contributed by atoms with E-state index in [0.29, 0.717) is 21.9 Å². The maximum Gasteiger partial charge on any atom is 0.268 e. The van der Waals surface area contributed by atoms with Gasteiger partial charge in [0.05, 0.1) is 16.0 Å². The van der Waals surface area contributed by atoms with Gasteiger partial charge in [-0.05, 0) is 30.3 Å². The van der Waals surface area contributed by atoms with Crippen LogP contribution in [0.2, 0.25) is 0 Å². The molecule has 0 atom stereocenters. The van der Waals surface area contributed by atoms with Crippen molar-refractivity contribution in [2.24, 2.45) is 0 Å². The Morgan fingerprint density at radius 3 is 2.36 bits per heavy atom. The van der Waals surface area contributed by atoms with Crippen LogP contribution in [0.15, 0.2) is 76.2 Å². The number of anilines is 1. The summed E-state index contributed by atoms with van der Waals surface area (Å²) < 4.78 is 29.8. The molecule has 4 aromatic rings. The summed E-state index contributed by atoms with van der Waals surface area (Å²) in [4.78, 5) is 26.2. The van der Waals surface area contributed by atoms with E-state index >= 15 is 0 Å². The number of amides is 2. The predicted molar refractivity (Wildman–Crippen MR) is 132 cm³/mol. The van der Waals surface area contributed by atoms with Crippen molar-refractivity contribution in [2.75, 3.05) is 19.0 Å². The van der Waals surface area contributed by atoms with Gasteiger partial charge in [0.15, 0.2) is 0 Å². The minimum absolute atomic E-state index is 0.130. The van der Waals surface area contributed by atoms with E-state index in [1.807, 2.05) is 37.2 Å². The fourth-order valence-corrected chi connectivity index (χ4v) is 6.13. The highest BCUT2D eigenvalue weighted by molar-refractivity contribution is 9.10. The molecule has 0 aliphatic carbocycles. The Hall–Kier alpha value is -3.43. The van der Waals surface area contributed by atoms with Crippen LogP contribution in [0, 0.1) is 0 Å². The molecule has 166 valence electrons. The van der Waals surface area contributed by atoms with Crippen molar-refractivity contribution in [2.45, 2.75) is 4.90 Å². The Kier molecular flexibility index (Phi) is 4.91. The molecule has 9 heteroatoms. The van der Waals surface area contributed by atoms with Crippen molar-refractivity contribution in [1.29, 1.82) is 0 Å². The Balaban J connectivity index is 1.81. The maximum absolute atomic E-state index is 14.0. The monoisotopic (exact) mass is 523 g/mol. The van der Waals surface area contributed by atoms with Crippen molar-refractivity contribution < 1.29 is 18.0 Å². The van der Waals surface area contributed by atoms with Gasteiger partial charge < -0.3 is 4.90 Å². The van der Waals surface area contributed by atoms with E-state index in [0.717, 1.165) is 15.5 Å². The third kappa shape index (κ3) is 3.35. The van der Waals surface area contributed by atoms with E-state index in [2.05, 4.69) is 21.2 Å². The zero-order valence-electron chi connectivity index (χ0n) is 17.7. The number of halogens is 1. The molecule has 1 N–H and O–H groups in total. The number of rotatable bonds is 4. The van der Waals surface area contributed by atoms with Crippen molar-refractivity contribution in [3.05, 3.63) is 76.9 Å². The molecule has 0 radical (unpaired) electrons. The molecule has 0 bridgehead atoms. The summed E-state index contributed by atoms with van der Waals surface area (Å²) in [5.41, 5.74) is 1.80. The Bertz CT molecular complexity index is 1630. The van der Waals surface area contributed by atoms with Gasteiger partial charge in [-0.3, -0.25) is 14.9 Å². The molecule has 33 heavy (non-hydrogen) atoms. The maximum atomic E-state index is 14.0. The number of carbonyl (C=O) groups excluding carboxylic acids is 2. The average Bonchev–Trinajstić information content (AvgIpc) is 3.31. The van der Waals surface area contributed by atoms with E-state index in [-0.39, 0.29) is 10.5 Å². The highest BCUT2D eigenvalue weighted by Gasteiger charge is 2.29. The van der Waals surface area contributed by atoms with Crippen LogP contribution in [0.25, 0.3) is 27.2 Å². The topological polar surface area (TPSA) is 88.5 Å². The molecular formula is C24H18BrN3O4S. The normalized spacial score (nSPS) is 14.1. The Morgan fingerprint density at radius 2 is 1.67 bits per heavy atom. The number of benzene rings is 3. The number of nitrogens with one attached hydrogen (secondary N) is 1. The van der Waals surface area contributed by atoms with Gasteiger partial charge in [-0.15, -0.1) is 0 Å². The lowest BCUT2D eigenvalue weighted by Crippen LogP contribution is -2.21. The van der Waals surface area contributed by atoms with Crippen molar-refractivity contribution in [3.8, 4) is 0 Å². The summed E-state index contributed by atoms with van der Waals surface area (Å²) in [6.45, 7) is 0. The molecule has 0 saturated heterocycles. The Morgan fingerprint density at radius 1 is 0.939 bits per heavy atom. The van der Waals surface area contributed by atoms with Gasteiger partial charge in [0.1, 0.15) is 0 Å². The van der Waals surface area contributed by atoms with Gasteiger partial charge in [-0.2, -0.15) is 0 Å². The number of aromatic nitrogens is 1. The van der Waals surface area contributed by atoms with E-state index in [9.17, 15) is 18.0 Å². The lowest BCUT2D eigenvalue weighted by atomic mass is 10.1. The first kappa shape index (κ1) is 21.4. The van der Waals surface area contributed by atoms with Crippen molar-refractivity contribution >= 4 is 70.7 Å². The molecule has 7 nitrogen and oxygen atoms in total. The lowest BCUT2D eigenvalue weighted by molar-refractivity contribution is -0.123. The van der Waals surface area contributed by atoms with E-state index in [1.165, 1.54) is 16.2 Å². The van der Waals surface area contributed by atoms with E-state index in [1.54, 1.807) is 36.4 Å². The second kappa shape index (κ2) is 7.57. The molecule has 2 heterocycles. The molecule has 0 unspecified atom stereocenters. The largest absolute Gasteiger partial charge is 0.377 e. The zero-order chi connectivity index (χ0) is 23.5. The van der Waals surface area contributed by atoms with Crippen LogP contribution in [0.1, 0.15) is 5.56 Å². The van der Waals surface area contributed by atoms with Gasteiger partial charge in [-0.25, -0.2) is 12.4 Å². The lowest BCUT2D eigenvalue weighted by Gasteiger charge is -2.17. The van der Waals surface area contributed by atoms with E-state index < -0.39 is 21.8 Å². The molecule has 5 rings (SSSR count). The number of carbonyl (C=O) groups is 2. The Labute approximate surface area is 198 Å². The first-order valence-electron chi connectivity index (χ1n) is 10.0. The van der Waals surface area contributed by atoms with Gasteiger partial charge in [0.2, 0.25) is 0 Å². The van der Waals surface area contributed by atoms with E-state index in [4.69, 9.17) is 0 Å². The van der Waals surface area contributed by atoms with Crippen LogP contribution in [-0.2, 0) is 19.6 Å². The smallest absolute Gasteiger partial charge is 0.268 e. The van der Waals surface area contributed by atoms with Crippen LogP contribution >= 0.6 is 15.9 Å². The highest BCUT2D eigenvalue weighted by Crippen LogP contribution is 2.36. The van der Waals surface area contributed by atoms with Crippen molar-refractivity contribution in [3.63, 3.8) is 0 Å². The third-order valence-corrected chi connectivity index (χ3v) is 7.88. The number of fused-ring (bicyclic) bond motifs is 2. The zero-order valence-corrected chi connectivity index (χ0v) is 20.1. The number of hydrogen-bond donors (Lipinski definition) is 1. The summed E-state index contributed by atoms with van der Waals surface area (Å²) in [6, 6.07) is 15.9. The minimum atomic E-state index is -4.05. The quantitative estimate of drug-likeness (QED) is 0.410. The summed E-state index contributed by atoms with van der Waals surface area (Å²) >= 11 is 3.41. The number of nitrogens with zero attached hydrogens (tertiary/aromatic N) is 2. The van der Waals surface area contributed by atoms with Crippen LogP contribution in [0.3, 0.4) is 0 Å². The predicted octanol–water partition coefficient (Wildman–Crippen LogP) is 3.90. The van der Waals surface area contributed by atoms with Crippen molar-refractivity contribution in [1.82, 2.24) is 9.29 Å². The van der Waals surface area contributed by atoms with Gasteiger partial charge in [0.25, 0.3) is 21.8 Å². The molecule has 2 amide bonds. The fraction of sp³-hybridized carbons (Fsp3) is 0.0833. The first-order chi connectivity index (χ1) is 15.7. The summed E-state index contributed by atoms with van der Waals surface area (Å²) in [6.07, 6.45) is 2.60. The molecular weight excluding hydrogens is 506 g/mol. The second-order valence-electron chi connectivity index (χ2n) is 7.90. The number of imide groups is 1. The second-order valence-corrected chi connectivity index (χ2v) is 10.6. The SMILES string of the molecule is CN(C)c1cccc2c(S(=O)(=O)n3cc(C4=CC(=O)NC4=O)c4cc(Br)ccc43)cccc12. The van der Waals surface area contributed by atoms with Crippen LogP contribution < -0.4 is 10.2 Å². The van der Waals surface area contributed by atoms with Crippen LogP contribution in [0.4, 0.5) is 5.69 Å². The average molecular weight is 524 g/mol. The molecule has 0 spiro atoms. The molecule has 3 aromatic carbocycles. The van der Waals surface area contributed by atoms with Gasteiger partial charge >= 0.3 is 0 Å². The molecule has 1 aliphatic heterocycles. The summed E-state index contributed by atoms with van der Waals surface area (Å²) in [7, 11) is -0.240. The summed E-state index contributed by atoms with van der Waals surface area (Å²) in [5.74, 6) is -1.09. The minimum Gasteiger partial charge on any atom is -0.377 e. The molecule has 1 aliphatic rings. The van der Waals surface area contributed by atoms with Crippen LogP contribution in [-0.4, -0.2) is 38.3 Å². The highest BCUT2D eigenvalue weighted by atomic mass is 79.9. The molecule has 0 fully saturated rings. The third-order valence-electron chi connectivity index (χ3n) is 5.66. The standard InChI is InChI=1S/C24H18BrN3O4S/c1-27(2)20-7-3-6-16-15(20)5-4-8-22(16)33(31,32)28-13-19(18-12-23(29)26-24(18)30)17-11-14(25)9-10-21(17)28/h3-13H,1-2H3,(H,26,29,30). The van der Waals surface area contributed by atoms with Crippen LogP contribution in [0.5, 0.6) is 0 Å². The molecule has 0 saturated carbocycles.